The second-order valence-electron chi connectivity index (χ2n) is 7.62. The first-order valence-electron chi connectivity index (χ1n) is 10.2. The Kier molecular flexibility index (Phi) is 14.1. The summed E-state index contributed by atoms with van der Waals surface area (Å²) in [6.45, 7) is 8.65. The molecule has 1 aromatic carbocycles. The number of hydrogen-bond acceptors (Lipinski definition) is 4. The summed E-state index contributed by atoms with van der Waals surface area (Å²) in [5, 5.41) is 9.04. The van der Waals surface area contributed by atoms with Gasteiger partial charge >= 0.3 is 6.61 Å². The van der Waals surface area contributed by atoms with Crippen LogP contribution in [0.2, 0.25) is 0 Å². The van der Waals surface area contributed by atoms with Crippen LogP contribution in [0.25, 0.3) is 0 Å². The van der Waals surface area contributed by atoms with Gasteiger partial charge in [0.2, 0.25) is 5.91 Å². The molecule has 0 aromatic heterocycles. The molecule has 178 valence electrons. The van der Waals surface area contributed by atoms with E-state index >= 15 is 0 Å². The maximum atomic E-state index is 12.8. The van der Waals surface area contributed by atoms with E-state index in [-0.39, 0.29) is 42.2 Å². The number of amides is 1. The van der Waals surface area contributed by atoms with Gasteiger partial charge in [-0.1, -0.05) is 27.7 Å². The Bertz CT molecular complexity index is 698. The summed E-state index contributed by atoms with van der Waals surface area (Å²) >= 11 is 0. The topological polar surface area (TPSA) is 84.0 Å². The molecule has 0 bridgehead atoms. The van der Waals surface area contributed by atoms with Crippen molar-refractivity contribution in [1.29, 1.82) is 0 Å². The van der Waals surface area contributed by atoms with Crippen LogP contribution in [-0.2, 0) is 11.3 Å². The van der Waals surface area contributed by atoms with Crippen LogP contribution in [0.15, 0.2) is 23.2 Å². The molecule has 0 spiro atoms. The van der Waals surface area contributed by atoms with E-state index < -0.39 is 12.0 Å². The van der Waals surface area contributed by atoms with E-state index in [1.165, 1.54) is 6.07 Å². The number of benzene rings is 1. The van der Waals surface area contributed by atoms with E-state index in [9.17, 15) is 13.6 Å². The van der Waals surface area contributed by atoms with Crippen molar-refractivity contribution in [2.75, 3.05) is 26.2 Å². The van der Waals surface area contributed by atoms with Gasteiger partial charge in [-0.2, -0.15) is 8.78 Å². The molecule has 0 atom stereocenters. The summed E-state index contributed by atoms with van der Waals surface area (Å²) in [7, 11) is 0. The Balaban J connectivity index is 0.00000900. The highest BCUT2D eigenvalue weighted by Gasteiger charge is 2.20. The van der Waals surface area contributed by atoms with Crippen molar-refractivity contribution in [2.45, 2.75) is 54.2 Å². The highest BCUT2D eigenvalue weighted by Crippen LogP contribution is 2.27. The maximum Gasteiger partial charge on any atom is 0.387 e. The lowest BCUT2D eigenvalue weighted by Crippen LogP contribution is -2.43. The molecule has 7 nitrogen and oxygen atoms in total. The monoisotopic (exact) mass is 556 g/mol. The number of rotatable bonds is 11. The van der Waals surface area contributed by atoms with Crippen LogP contribution in [0.4, 0.5) is 8.78 Å². The minimum Gasteiger partial charge on any atom is -0.493 e. The molecular weight excluding hydrogens is 521 g/mol. The molecule has 0 fully saturated rings. The molecule has 1 aromatic rings. The van der Waals surface area contributed by atoms with E-state index in [1.807, 2.05) is 34.6 Å². The van der Waals surface area contributed by atoms with Crippen LogP contribution in [0, 0.1) is 5.41 Å². The average molecular weight is 556 g/mol. The molecule has 3 N–H and O–H groups in total. The first-order chi connectivity index (χ1) is 14.2. The first-order valence-corrected chi connectivity index (χ1v) is 10.2. The SMILES string of the molecule is CCCOc1ccc(CN=C(NCC)NCCNC(=O)C(C)(C)C)c(OC(F)F)c1.I. The normalized spacial score (nSPS) is 11.5. The quantitative estimate of drug-likeness (QED) is 0.167. The Labute approximate surface area is 200 Å². The van der Waals surface area contributed by atoms with Crippen molar-refractivity contribution in [2.24, 2.45) is 10.4 Å². The fraction of sp³-hybridized carbons (Fsp3) is 0.619. The molecule has 0 saturated carbocycles. The maximum absolute atomic E-state index is 12.8. The molecule has 0 heterocycles. The molecule has 31 heavy (non-hydrogen) atoms. The van der Waals surface area contributed by atoms with Crippen LogP contribution >= 0.6 is 24.0 Å². The van der Waals surface area contributed by atoms with E-state index in [1.54, 1.807) is 12.1 Å². The summed E-state index contributed by atoms with van der Waals surface area (Å²) in [5.74, 6) is 0.984. The van der Waals surface area contributed by atoms with Crippen LogP contribution in [0.1, 0.15) is 46.6 Å². The zero-order valence-electron chi connectivity index (χ0n) is 18.9. The second kappa shape index (κ2) is 15.0. The van der Waals surface area contributed by atoms with Crippen molar-refractivity contribution in [3.05, 3.63) is 23.8 Å². The van der Waals surface area contributed by atoms with Gasteiger partial charge in [0.25, 0.3) is 0 Å². The molecule has 1 rings (SSSR count). The van der Waals surface area contributed by atoms with Gasteiger partial charge in [0.15, 0.2) is 5.96 Å². The fourth-order valence-corrected chi connectivity index (χ4v) is 2.31. The number of ether oxygens (including phenoxy) is 2. The number of alkyl halides is 2. The van der Waals surface area contributed by atoms with Crippen LogP contribution in [0.3, 0.4) is 0 Å². The number of halogens is 3. The van der Waals surface area contributed by atoms with Crippen molar-refractivity contribution in [3.63, 3.8) is 0 Å². The largest absolute Gasteiger partial charge is 0.493 e. The predicted octanol–water partition coefficient (Wildman–Crippen LogP) is 3.91. The summed E-state index contributed by atoms with van der Waals surface area (Å²) in [6, 6.07) is 4.83. The van der Waals surface area contributed by atoms with Crippen LogP contribution in [-0.4, -0.2) is 44.7 Å². The van der Waals surface area contributed by atoms with Gasteiger partial charge in [-0.05, 0) is 25.5 Å². The molecule has 0 aliphatic carbocycles. The molecular formula is C21H35F2IN4O3. The molecule has 0 unspecified atom stereocenters. The fourth-order valence-electron chi connectivity index (χ4n) is 2.31. The number of guanidine groups is 1. The first kappa shape index (κ1) is 29.1. The lowest BCUT2D eigenvalue weighted by atomic mass is 9.96. The lowest BCUT2D eigenvalue weighted by molar-refractivity contribution is -0.128. The third kappa shape index (κ3) is 11.9. The standard InChI is InChI=1S/C21H34F2N4O3.HI/c1-6-12-29-16-9-8-15(17(13-16)30-19(22)23)14-27-20(24-7-2)26-11-10-25-18(28)21(3,4)5;/h8-9,13,19H,6-7,10-12,14H2,1-5H3,(H,25,28)(H2,24,26,27);1H. The molecule has 0 aliphatic rings. The Morgan fingerprint density at radius 1 is 1.13 bits per heavy atom. The molecule has 10 heteroatoms. The number of aliphatic imine (C=N–C) groups is 1. The number of carbonyl (C=O) groups is 1. The minimum atomic E-state index is -2.94. The van der Waals surface area contributed by atoms with Gasteiger partial charge in [-0.25, -0.2) is 4.99 Å². The number of carbonyl (C=O) groups excluding carboxylic acids is 1. The molecule has 0 saturated heterocycles. The zero-order chi connectivity index (χ0) is 22.6. The summed E-state index contributed by atoms with van der Waals surface area (Å²) < 4.78 is 35.7. The van der Waals surface area contributed by atoms with Gasteiger partial charge in [0.05, 0.1) is 13.2 Å². The van der Waals surface area contributed by atoms with E-state index in [0.717, 1.165) is 6.42 Å². The summed E-state index contributed by atoms with van der Waals surface area (Å²) in [5.41, 5.74) is 0.0598. The Morgan fingerprint density at radius 3 is 2.39 bits per heavy atom. The van der Waals surface area contributed by atoms with Crippen LogP contribution < -0.4 is 25.4 Å². The number of nitrogens with zero attached hydrogens (tertiary/aromatic N) is 1. The van der Waals surface area contributed by atoms with Crippen molar-refractivity contribution >= 4 is 35.8 Å². The molecule has 0 radical (unpaired) electrons. The van der Waals surface area contributed by atoms with Crippen molar-refractivity contribution in [1.82, 2.24) is 16.0 Å². The zero-order valence-corrected chi connectivity index (χ0v) is 21.2. The van der Waals surface area contributed by atoms with E-state index in [4.69, 9.17) is 4.74 Å². The minimum absolute atomic E-state index is 0. The van der Waals surface area contributed by atoms with Crippen molar-refractivity contribution < 1.29 is 23.0 Å². The molecule has 1 amide bonds. The van der Waals surface area contributed by atoms with Gasteiger partial charge in [-0.15, -0.1) is 24.0 Å². The smallest absolute Gasteiger partial charge is 0.387 e. The van der Waals surface area contributed by atoms with Gasteiger partial charge in [-0.3, -0.25) is 4.79 Å². The third-order valence-corrected chi connectivity index (χ3v) is 3.86. The lowest BCUT2D eigenvalue weighted by Gasteiger charge is -2.18. The van der Waals surface area contributed by atoms with E-state index in [2.05, 4.69) is 25.7 Å². The Hall–Kier alpha value is -1.85. The van der Waals surface area contributed by atoms with Gasteiger partial charge in [0, 0.05) is 36.7 Å². The third-order valence-electron chi connectivity index (χ3n) is 3.86. The van der Waals surface area contributed by atoms with Crippen LogP contribution in [0.5, 0.6) is 11.5 Å². The van der Waals surface area contributed by atoms with E-state index in [0.29, 0.717) is 43.5 Å². The second-order valence-corrected chi connectivity index (χ2v) is 7.62. The summed E-state index contributed by atoms with van der Waals surface area (Å²) in [4.78, 5) is 16.3. The number of hydrogen-bond donors (Lipinski definition) is 3. The number of nitrogens with one attached hydrogen (secondary N) is 3. The molecule has 0 aliphatic heterocycles. The Morgan fingerprint density at radius 2 is 1.81 bits per heavy atom. The highest BCUT2D eigenvalue weighted by atomic mass is 127. The van der Waals surface area contributed by atoms with Gasteiger partial charge < -0.3 is 25.4 Å². The summed E-state index contributed by atoms with van der Waals surface area (Å²) in [6.07, 6.45) is 0.811. The highest BCUT2D eigenvalue weighted by molar-refractivity contribution is 14.0. The van der Waals surface area contributed by atoms with Crippen molar-refractivity contribution in [3.8, 4) is 11.5 Å². The average Bonchev–Trinajstić information content (AvgIpc) is 2.67. The predicted molar refractivity (Wildman–Crippen MR) is 130 cm³/mol. The van der Waals surface area contributed by atoms with Gasteiger partial charge in [0.1, 0.15) is 11.5 Å².